The van der Waals surface area contributed by atoms with Crippen molar-refractivity contribution in [2.45, 2.75) is 41.0 Å². The number of rotatable bonds is 4. The Hall–Kier alpha value is -1.04. The normalized spacial score (nSPS) is 15.4. The van der Waals surface area contributed by atoms with Gasteiger partial charge in [0, 0.05) is 0 Å². The van der Waals surface area contributed by atoms with Crippen LogP contribution < -0.4 is 0 Å². The fraction of sp³-hybridized carbons (Fsp3) is 0.429. The van der Waals surface area contributed by atoms with Gasteiger partial charge >= 0.3 is 0 Å². The van der Waals surface area contributed by atoms with Gasteiger partial charge in [-0.05, 0) is 39.7 Å². The predicted molar refractivity (Wildman–Crippen MR) is 66.4 cm³/mol. The van der Waals surface area contributed by atoms with Crippen molar-refractivity contribution in [2.24, 2.45) is 0 Å². The minimum absolute atomic E-state index is 1.09. The summed E-state index contributed by atoms with van der Waals surface area (Å²) < 4.78 is 0. The Bertz CT molecular complexity index is 272. The van der Waals surface area contributed by atoms with Crippen LogP contribution in [0.25, 0.3) is 0 Å². The summed E-state index contributed by atoms with van der Waals surface area (Å²) in [6, 6.07) is 0. The second-order valence-corrected chi connectivity index (χ2v) is 3.49. The van der Waals surface area contributed by atoms with Gasteiger partial charge in [-0.1, -0.05) is 48.5 Å². The Balaban J connectivity index is 4.69. The molecule has 0 heteroatoms. The summed E-state index contributed by atoms with van der Waals surface area (Å²) in [5, 5.41) is 0. The van der Waals surface area contributed by atoms with Crippen LogP contribution in [0, 0.1) is 0 Å². The Kier molecular flexibility index (Phi) is 6.82. The fourth-order valence-corrected chi connectivity index (χ4v) is 1.26. The van der Waals surface area contributed by atoms with Gasteiger partial charge in [0.2, 0.25) is 0 Å². The Morgan fingerprint density at radius 3 is 2.07 bits per heavy atom. The van der Waals surface area contributed by atoms with E-state index in [1.807, 2.05) is 0 Å². The largest absolute Gasteiger partial charge is 0.0874 e. The van der Waals surface area contributed by atoms with Gasteiger partial charge in [0.25, 0.3) is 0 Å². The molecule has 78 valence electrons. The third kappa shape index (κ3) is 5.58. The number of allylic oxidation sites excluding steroid dienone is 8. The molecule has 0 aliphatic heterocycles. The average molecular weight is 190 g/mol. The molecule has 0 rings (SSSR count). The molecular formula is C14H22. The lowest BCUT2D eigenvalue weighted by atomic mass is 10.1. The molecule has 0 heterocycles. The van der Waals surface area contributed by atoms with E-state index in [0.717, 1.165) is 6.42 Å². The second kappa shape index (κ2) is 7.37. The van der Waals surface area contributed by atoms with Crippen molar-refractivity contribution in [2.75, 3.05) is 0 Å². The quantitative estimate of drug-likeness (QED) is 0.558. The highest BCUT2D eigenvalue weighted by atomic mass is 14.0. The first-order chi connectivity index (χ1) is 6.63. The van der Waals surface area contributed by atoms with Crippen molar-refractivity contribution in [3.63, 3.8) is 0 Å². The lowest BCUT2D eigenvalue weighted by Crippen LogP contribution is -1.78. The average Bonchev–Trinajstić information content (AvgIpc) is 2.16. The Morgan fingerprint density at radius 2 is 1.64 bits per heavy atom. The standard InChI is InChI=1S/C14H22/c1-6-9-14(8-3)11-13(5)10-12(4)7-2/h6-7,9-11H,8H2,1-5H3/b9-6+,12-7+,13-10+,14-11+. The van der Waals surface area contributed by atoms with Crippen molar-refractivity contribution in [1.82, 2.24) is 0 Å². The summed E-state index contributed by atoms with van der Waals surface area (Å²) in [5.74, 6) is 0. The molecule has 0 aromatic rings. The first kappa shape index (κ1) is 13.0. The van der Waals surface area contributed by atoms with Crippen molar-refractivity contribution < 1.29 is 0 Å². The first-order valence-corrected chi connectivity index (χ1v) is 5.28. The van der Waals surface area contributed by atoms with Gasteiger partial charge in [-0.25, -0.2) is 0 Å². The molecule has 0 unspecified atom stereocenters. The fourth-order valence-electron chi connectivity index (χ4n) is 1.26. The zero-order valence-electron chi connectivity index (χ0n) is 10.1. The molecule has 0 N–H and O–H groups in total. The van der Waals surface area contributed by atoms with E-state index in [9.17, 15) is 0 Å². The molecule has 0 saturated heterocycles. The van der Waals surface area contributed by atoms with Crippen molar-refractivity contribution in [1.29, 1.82) is 0 Å². The molecule has 0 fully saturated rings. The highest BCUT2D eigenvalue weighted by Crippen LogP contribution is 2.09. The Morgan fingerprint density at radius 1 is 1.00 bits per heavy atom. The molecule has 0 spiro atoms. The molecule has 0 aromatic carbocycles. The maximum absolute atomic E-state index is 2.24. The van der Waals surface area contributed by atoms with E-state index < -0.39 is 0 Å². The van der Waals surface area contributed by atoms with Gasteiger partial charge in [0.05, 0.1) is 0 Å². The predicted octanol–water partition coefficient (Wildman–Crippen LogP) is 4.81. The molecule has 14 heavy (non-hydrogen) atoms. The summed E-state index contributed by atoms with van der Waals surface area (Å²) in [6.45, 7) is 10.6. The first-order valence-electron chi connectivity index (χ1n) is 5.28. The van der Waals surface area contributed by atoms with E-state index in [1.165, 1.54) is 16.7 Å². The lowest BCUT2D eigenvalue weighted by molar-refractivity contribution is 1.14. The van der Waals surface area contributed by atoms with Crippen LogP contribution in [0.1, 0.15) is 41.0 Å². The molecule has 0 bridgehead atoms. The molecule has 0 radical (unpaired) electrons. The van der Waals surface area contributed by atoms with Crippen LogP contribution in [0.2, 0.25) is 0 Å². The van der Waals surface area contributed by atoms with E-state index in [4.69, 9.17) is 0 Å². The molecule has 0 aliphatic carbocycles. The molecule has 0 saturated carbocycles. The van der Waals surface area contributed by atoms with Crippen molar-refractivity contribution >= 4 is 0 Å². The van der Waals surface area contributed by atoms with Gasteiger partial charge in [-0.2, -0.15) is 0 Å². The zero-order valence-corrected chi connectivity index (χ0v) is 10.1. The van der Waals surface area contributed by atoms with Crippen LogP contribution in [0.5, 0.6) is 0 Å². The van der Waals surface area contributed by atoms with Crippen LogP contribution in [0.15, 0.2) is 47.1 Å². The number of hydrogen-bond acceptors (Lipinski definition) is 0. The molecule has 0 aromatic heterocycles. The van der Waals surface area contributed by atoms with Gasteiger partial charge in [-0.3, -0.25) is 0 Å². The summed E-state index contributed by atoms with van der Waals surface area (Å²) in [6.07, 6.45) is 11.9. The smallest absolute Gasteiger partial charge is 0.0307 e. The third-order valence-corrected chi connectivity index (χ3v) is 2.11. The maximum Gasteiger partial charge on any atom is -0.0307 e. The third-order valence-electron chi connectivity index (χ3n) is 2.11. The van der Waals surface area contributed by atoms with Gasteiger partial charge in [-0.15, -0.1) is 0 Å². The van der Waals surface area contributed by atoms with E-state index in [1.54, 1.807) is 0 Å². The summed E-state index contributed by atoms with van der Waals surface area (Å²) in [5.41, 5.74) is 4.01. The second-order valence-electron chi connectivity index (χ2n) is 3.49. The van der Waals surface area contributed by atoms with Gasteiger partial charge in [0.1, 0.15) is 0 Å². The molecular weight excluding hydrogens is 168 g/mol. The van der Waals surface area contributed by atoms with E-state index >= 15 is 0 Å². The highest BCUT2D eigenvalue weighted by Gasteiger charge is 1.89. The van der Waals surface area contributed by atoms with Crippen LogP contribution in [0.3, 0.4) is 0 Å². The van der Waals surface area contributed by atoms with Crippen LogP contribution in [-0.2, 0) is 0 Å². The van der Waals surface area contributed by atoms with Crippen molar-refractivity contribution in [3.05, 3.63) is 47.1 Å². The highest BCUT2D eigenvalue weighted by molar-refractivity contribution is 5.33. The summed E-state index contributed by atoms with van der Waals surface area (Å²) in [7, 11) is 0. The minimum atomic E-state index is 1.09. The Labute approximate surface area is 88.7 Å². The summed E-state index contributed by atoms with van der Waals surface area (Å²) >= 11 is 0. The molecule has 0 atom stereocenters. The number of hydrogen-bond donors (Lipinski definition) is 0. The molecule has 0 amide bonds. The topological polar surface area (TPSA) is 0 Å². The zero-order chi connectivity index (χ0) is 11.0. The van der Waals surface area contributed by atoms with E-state index in [0.29, 0.717) is 0 Å². The lowest BCUT2D eigenvalue weighted by Gasteiger charge is -1.98. The SMILES string of the molecule is C/C=C/C(=C/C(C)=C/C(C)=C/C)CC. The molecule has 0 nitrogen and oxygen atoms in total. The monoisotopic (exact) mass is 190 g/mol. The van der Waals surface area contributed by atoms with Crippen LogP contribution >= 0.6 is 0 Å². The van der Waals surface area contributed by atoms with E-state index in [-0.39, 0.29) is 0 Å². The van der Waals surface area contributed by atoms with Gasteiger partial charge in [0.15, 0.2) is 0 Å². The molecule has 0 aliphatic rings. The van der Waals surface area contributed by atoms with E-state index in [2.05, 4.69) is 65.0 Å². The van der Waals surface area contributed by atoms with Crippen molar-refractivity contribution in [3.8, 4) is 0 Å². The summed E-state index contributed by atoms with van der Waals surface area (Å²) in [4.78, 5) is 0. The van der Waals surface area contributed by atoms with Gasteiger partial charge < -0.3 is 0 Å². The minimum Gasteiger partial charge on any atom is -0.0874 e. The van der Waals surface area contributed by atoms with Crippen LogP contribution in [0.4, 0.5) is 0 Å². The maximum atomic E-state index is 2.24. The van der Waals surface area contributed by atoms with Crippen LogP contribution in [-0.4, -0.2) is 0 Å².